The van der Waals surface area contributed by atoms with Crippen LogP contribution in [0.25, 0.3) is 5.69 Å². The Morgan fingerprint density at radius 2 is 1.81 bits per heavy atom. The largest absolute Gasteiger partial charge is 0.494 e. The van der Waals surface area contributed by atoms with Gasteiger partial charge in [-0.3, -0.25) is 9.29 Å². The van der Waals surface area contributed by atoms with Crippen LogP contribution in [-0.2, 0) is 19.5 Å². The highest BCUT2D eigenvalue weighted by Gasteiger charge is 2.36. The highest BCUT2D eigenvalue weighted by molar-refractivity contribution is 7.93. The van der Waals surface area contributed by atoms with Crippen molar-refractivity contribution in [2.24, 2.45) is 0 Å². The minimum atomic E-state index is -4.10. The maximum Gasteiger partial charge on any atom is 0.243 e. The van der Waals surface area contributed by atoms with Gasteiger partial charge in [0.1, 0.15) is 34.6 Å². The first kappa shape index (κ1) is 26.1. The first-order valence-electron chi connectivity index (χ1n) is 11.1. The Morgan fingerprint density at radius 1 is 1.14 bits per heavy atom. The summed E-state index contributed by atoms with van der Waals surface area (Å²) in [4.78, 5) is 8.23. The van der Waals surface area contributed by atoms with E-state index in [4.69, 9.17) is 30.5 Å². The van der Waals surface area contributed by atoms with Crippen LogP contribution in [0.1, 0.15) is 43.6 Å². The molecular weight excluding hydrogens is 512 g/mol. The zero-order chi connectivity index (χ0) is 25.9. The number of para-hydroxylation sites is 1. The second-order valence-corrected chi connectivity index (χ2v) is 10.5. The number of halogens is 1. The topological polar surface area (TPSA) is 140 Å². The van der Waals surface area contributed by atoms with Gasteiger partial charge in [-0.05, 0) is 31.9 Å². The third-order valence-electron chi connectivity index (χ3n) is 5.83. The SMILES string of the molecule is COc1cccc(OC)c1-n1c(NS(=O)(=O)C(C)C(OC)c2ncc(Cl)cn2)nnc1[C@@H]1CCCO1. The molecular formula is C22H27ClN6O6S. The van der Waals surface area contributed by atoms with Crippen LogP contribution in [0.2, 0.25) is 5.02 Å². The maximum absolute atomic E-state index is 13.5. The number of ether oxygens (including phenoxy) is 4. The fraction of sp³-hybridized carbons (Fsp3) is 0.455. The van der Waals surface area contributed by atoms with E-state index in [1.165, 1.54) is 40.6 Å². The average molecular weight is 539 g/mol. The maximum atomic E-state index is 13.5. The van der Waals surface area contributed by atoms with E-state index in [1.807, 2.05) is 0 Å². The zero-order valence-corrected chi connectivity index (χ0v) is 21.8. The predicted molar refractivity (Wildman–Crippen MR) is 131 cm³/mol. The van der Waals surface area contributed by atoms with Crippen LogP contribution in [0.3, 0.4) is 0 Å². The van der Waals surface area contributed by atoms with Gasteiger partial charge < -0.3 is 18.9 Å². The van der Waals surface area contributed by atoms with Crippen molar-refractivity contribution < 1.29 is 27.4 Å². The molecule has 3 aromatic rings. The lowest BCUT2D eigenvalue weighted by atomic mass is 10.2. The van der Waals surface area contributed by atoms with Gasteiger partial charge in [0.05, 0.1) is 19.2 Å². The minimum Gasteiger partial charge on any atom is -0.494 e. The minimum absolute atomic E-state index is 0.0537. The lowest BCUT2D eigenvalue weighted by Gasteiger charge is -2.23. The molecule has 14 heteroatoms. The fourth-order valence-corrected chi connectivity index (χ4v) is 5.21. The molecule has 1 aliphatic heterocycles. The number of anilines is 1. The third-order valence-corrected chi connectivity index (χ3v) is 7.72. The lowest BCUT2D eigenvalue weighted by Crippen LogP contribution is -2.33. The number of nitrogens with zero attached hydrogens (tertiary/aromatic N) is 5. The number of benzene rings is 1. The monoisotopic (exact) mass is 538 g/mol. The van der Waals surface area contributed by atoms with E-state index in [1.54, 1.807) is 22.8 Å². The molecule has 1 aliphatic rings. The molecule has 1 aromatic carbocycles. The Balaban J connectivity index is 1.77. The first-order chi connectivity index (χ1) is 17.3. The molecule has 1 fully saturated rings. The van der Waals surface area contributed by atoms with Crippen LogP contribution in [0.4, 0.5) is 5.95 Å². The molecule has 1 saturated heterocycles. The summed E-state index contributed by atoms with van der Waals surface area (Å²) in [5, 5.41) is 7.66. The standard InChI is InChI=1S/C22H27ClN6O6S/c1-13(19(34-4)20-24-11-14(23)12-25-20)36(30,31)28-22-27-26-21(17-9-6-10-35-17)29(22)18-15(32-2)7-5-8-16(18)33-3/h5,7-8,11-13,17,19H,6,9-10H2,1-4H3,(H,27,28)/t13?,17-,19?/m0/s1. The van der Waals surface area contributed by atoms with Crippen molar-refractivity contribution in [1.29, 1.82) is 0 Å². The molecule has 0 aliphatic carbocycles. The molecule has 0 bridgehead atoms. The summed E-state index contributed by atoms with van der Waals surface area (Å²) in [6.07, 6.45) is 2.95. The van der Waals surface area contributed by atoms with E-state index in [0.717, 1.165) is 6.42 Å². The summed E-state index contributed by atoms with van der Waals surface area (Å²) < 4.78 is 53.6. The molecule has 0 amide bonds. The quantitative estimate of drug-likeness (QED) is 0.409. The van der Waals surface area contributed by atoms with Crippen molar-refractivity contribution in [2.75, 3.05) is 32.7 Å². The number of hydrogen-bond acceptors (Lipinski definition) is 10. The van der Waals surface area contributed by atoms with Gasteiger partial charge in [-0.1, -0.05) is 17.7 Å². The number of hydrogen-bond donors (Lipinski definition) is 1. The first-order valence-corrected chi connectivity index (χ1v) is 13.0. The van der Waals surface area contributed by atoms with Gasteiger partial charge in [0.15, 0.2) is 11.6 Å². The van der Waals surface area contributed by atoms with Gasteiger partial charge in [-0.15, -0.1) is 10.2 Å². The smallest absolute Gasteiger partial charge is 0.243 e. The molecule has 4 rings (SSSR count). The number of nitrogens with one attached hydrogen (secondary N) is 1. The summed E-state index contributed by atoms with van der Waals surface area (Å²) in [7, 11) is 0.304. The second kappa shape index (κ2) is 10.9. The Bertz CT molecular complexity index is 1270. The molecule has 2 unspecified atom stereocenters. The number of sulfonamides is 1. The normalized spacial score (nSPS) is 17.5. The molecule has 12 nitrogen and oxygen atoms in total. The van der Waals surface area contributed by atoms with Gasteiger partial charge >= 0.3 is 0 Å². The summed E-state index contributed by atoms with van der Waals surface area (Å²) in [5.41, 5.74) is 0.438. The van der Waals surface area contributed by atoms with E-state index in [2.05, 4.69) is 24.9 Å². The van der Waals surface area contributed by atoms with E-state index in [0.29, 0.717) is 41.1 Å². The third kappa shape index (κ3) is 5.09. The molecule has 0 spiro atoms. The number of rotatable bonds is 10. The van der Waals surface area contributed by atoms with E-state index < -0.39 is 21.4 Å². The molecule has 3 atom stereocenters. The molecule has 1 N–H and O–H groups in total. The van der Waals surface area contributed by atoms with Crippen LogP contribution in [0, 0.1) is 0 Å². The van der Waals surface area contributed by atoms with E-state index in [-0.39, 0.29) is 17.9 Å². The lowest BCUT2D eigenvalue weighted by molar-refractivity contribution is 0.0950. The Labute approximate surface area is 214 Å². The molecule has 0 saturated carbocycles. The molecule has 36 heavy (non-hydrogen) atoms. The van der Waals surface area contributed by atoms with Crippen LogP contribution in [0.15, 0.2) is 30.6 Å². The van der Waals surface area contributed by atoms with E-state index >= 15 is 0 Å². The summed E-state index contributed by atoms with van der Waals surface area (Å²) in [6, 6.07) is 5.23. The Hall–Kier alpha value is -3.00. The van der Waals surface area contributed by atoms with Gasteiger partial charge in [0, 0.05) is 26.1 Å². The van der Waals surface area contributed by atoms with Crippen LogP contribution in [-0.4, -0.2) is 66.3 Å². The fourth-order valence-electron chi connectivity index (χ4n) is 3.98. The Kier molecular flexibility index (Phi) is 7.93. The van der Waals surface area contributed by atoms with Crippen molar-refractivity contribution in [2.45, 2.75) is 37.2 Å². The highest BCUT2D eigenvalue weighted by atomic mass is 35.5. The Morgan fingerprint density at radius 3 is 2.36 bits per heavy atom. The molecule has 3 heterocycles. The van der Waals surface area contributed by atoms with Gasteiger partial charge in [0.2, 0.25) is 16.0 Å². The molecule has 0 radical (unpaired) electrons. The number of aromatic nitrogens is 5. The van der Waals surface area contributed by atoms with Crippen molar-refractivity contribution in [3.05, 3.63) is 47.3 Å². The average Bonchev–Trinajstić information content (AvgIpc) is 3.54. The summed E-state index contributed by atoms with van der Waals surface area (Å²) in [6.45, 7) is 2.05. The van der Waals surface area contributed by atoms with Crippen molar-refractivity contribution in [1.82, 2.24) is 24.7 Å². The van der Waals surface area contributed by atoms with Crippen molar-refractivity contribution in [3.8, 4) is 17.2 Å². The summed E-state index contributed by atoms with van der Waals surface area (Å²) >= 11 is 5.87. The second-order valence-electron chi connectivity index (χ2n) is 8.00. The van der Waals surface area contributed by atoms with Crippen molar-refractivity contribution in [3.63, 3.8) is 0 Å². The van der Waals surface area contributed by atoms with Crippen LogP contribution >= 0.6 is 11.6 Å². The van der Waals surface area contributed by atoms with E-state index in [9.17, 15) is 8.42 Å². The molecule has 194 valence electrons. The van der Waals surface area contributed by atoms with Crippen molar-refractivity contribution >= 4 is 27.6 Å². The van der Waals surface area contributed by atoms with Crippen LogP contribution < -0.4 is 14.2 Å². The van der Waals surface area contributed by atoms with Gasteiger partial charge in [0.25, 0.3) is 0 Å². The highest BCUT2D eigenvalue weighted by Crippen LogP contribution is 2.39. The molecule has 2 aromatic heterocycles. The predicted octanol–water partition coefficient (Wildman–Crippen LogP) is 3.10. The summed E-state index contributed by atoms with van der Waals surface area (Å²) in [5.74, 6) is 1.41. The van der Waals surface area contributed by atoms with Gasteiger partial charge in [-0.2, -0.15) is 0 Å². The van der Waals surface area contributed by atoms with Crippen LogP contribution in [0.5, 0.6) is 11.5 Å². The van der Waals surface area contributed by atoms with Gasteiger partial charge in [-0.25, -0.2) is 18.4 Å². The zero-order valence-electron chi connectivity index (χ0n) is 20.2. The number of methoxy groups -OCH3 is 3.